The topological polar surface area (TPSA) is 29.3 Å². The molecule has 3 unspecified atom stereocenters. The molecule has 3 fully saturated rings. The maximum Gasteiger partial charge on any atom is 0.0250 e. The molecule has 104 valence electrons. The zero-order chi connectivity index (χ0) is 12.5. The molecule has 0 bridgehead atoms. The van der Waals surface area contributed by atoms with Gasteiger partial charge in [0.2, 0.25) is 0 Å². The van der Waals surface area contributed by atoms with Gasteiger partial charge in [0.15, 0.2) is 0 Å². The van der Waals surface area contributed by atoms with Crippen LogP contribution in [0.3, 0.4) is 0 Å². The molecular formula is C16H30N2. The fraction of sp³-hybridized carbons (Fsp3) is 1.00. The molecule has 0 aromatic rings. The van der Waals surface area contributed by atoms with Crippen molar-refractivity contribution in [2.24, 2.45) is 23.5 Å². The number of rotatable bonds is 6. The van der Waals surface area contributed by atoms with E-state index in [1.165, 1.54) is 64.5 Å². The summed E-state index contributed by atoms with van der Waals surface area (Å²) in [6.45, 7) is 5.06. The smallest absolute Gasteiger partial charge is 0.0250 e. The van der Waals surface area contributed by atoms with E-state index < -0.39 is 0 Å². The zero-order valence-corrected chi connectivity index (χ0v) is 12.0. The Morgan fingerprint density at radius 3 is 1.94 bits per heavy atom. The summed E-state index contributed by atoms with van der Waals surface area (Å²) in [4.78, 5) is 2.81. The van der Waals surface area contributed by atoms with Crippen LogP contribution in [0.4, 0.5) is 0 Å². The lowest BCUT2D eigenvalue weighted by molar-refractivity contribution is 0.101. The highest BCUT2D eigenvalue weighted by Crippen LogP contribution is 2.37. The number of nitrogens with zero attached hydrogens (tertiary/aromatic N) is 1. The molecular weight excluding hydrogens is 220 g/mol. The standard InChI is InChI=1S/C16H30N2/c1-2-12-7-8-15(17)16(9-12)18(10-13-3-4-13)11-14-5-6-14/h12-16H,2-11,17H2,1H3. The van der Waals surface area contributed by atoms with Crippen molar-refractivity contribution in [1.82, 2.24) is 4.90 Å². The van der Waals surface area contributed by atoms with E-state index in [4.69, 9.17) is 5.73 Å². The molecule has 3 aliphatic carbocycles. The van der Waals surface area contributed by atoms with Gasteiger partial charge in [-0.05, 0) is 62.7 Å². The van der Waals surface area contributed by atoms with E-state index in [-0.39, 0.29) is 0 Å². The summed E-state index contributed by atoms with van der Waals surface area (Å²) in [6, 6.07) is 1.15. The molecule has 18 heavy (non-hydrogen) atoms. The fourth-order valence-electron chi connectivity index (χ4n) is 3.65. The van der Waals surface area contributed by atoms with E-state index in [2.05, 4.69) is 11.8 Å². The van der Waals surface area contributed by atoms with Crippen molar-refractivity contribution in [3.05, 3.63) is 0 Å². The normalized spacial score (nSPS) is 37.2. The highest BCUT2D eigenvalue weighted by molar-refractivity contribution is 4.93. The minimum absolute atomic E-state index is 0.449. The Balaban J connectivity index is 1.61. The van der Waals surface area contributed by atoms with Crippen molar-refractivity contribution < 1.29 is 0 Å². The summed E-state index contributed by atoms with van der Waals surface area (Å²) >= 11 is 0. The average molecular weight is 250 g/mol. The Kier molecular flexibility index (Phi) is 3.95. The predicted molar refractivity (Wildman–Crippen MR) is 76.4 cm³/mol. The second-order valence-corrected chi connectivity index (χ2v) is 7.16. The van der Waals surface area contributed by atoms with Gasteiger partial charge in [0.05, 0.1) is 0 Å². The van der Waals surface area contributed by atoms with Gasteiger partial charge in [-0.2, -0.15) is 0 Å². The second kappa shape index (κ2) is 5.50. The van der Waals surface area contributed by atoms with Crippen LogP contribution in [-0.2, 0) is 0 Å². The van der Waals surface area contributed by atoms with Gasteiger partial charge >= 0.3 is 0 Å². The van der Waals surface area contributed by atoms with E-state index in [9.17, 15) is 0 Å². The Hall–Kier alpha value is -0.0800. The molecule has 2 N–H and O–H groups in total. The summed E-state index contributed by atoms with van der Waals surface area (Å²) < 4.78 is 0. The van der Waals surface area contributed by atoms with Crippen LogP contribution in [0.25, 0.3) is 0 Å². The monoisotopic (exact) mass is 250 g/mol. The van der Waals surface area contributed by atoms with Crippen molar-refractivity contribution in [3.63, 3.8) is 0 Å². The highest BCUT2D eigenvalue weighted by atomic mass is 15.2. The molecule has 0 spiro atoms. The quantitative estimate of drug-likeness (QED) is 0.785. The molecule has 0 aliphatic heterocycles. The van der Waals surface area contributed by atoms with Crippen molar-refractivity contribution in [3.8, 4) is 0 Å². The van der Waals surface area contributed by atoms with Crippen LogP contribution < -0.4 is 5.73 Å². The minimum Gasteiger partial charge on any atom is -0.326 e. The van der Waals surface area contributed by atoms with Gasteiger partial charge in [-0.15, -0.1) is 0 Å². The Morgan fingerprint density at radius 1 is 0.889 bits per heavy atom. The van der Waals surface area contributed by atoms with Crippen LogP contribution in [0, 0.1) is 17.8 Å². The van der Waals surface area contributed by atoms with Gasteiger partial charge in [0.1, 0.15) is 0 Å². The van der Waals surface area contributed by atoms with Gasteiger partial charge < -0.3 is 5.73 Å². The summed E-state index contributed by atoms with van der Waals surface area (Å²) in [6.07, 6.45) is 11.2. The maximum atomic E-state index is 6.45. The SMILES string of the molecule is CCC1CCC(N)C(N(CC2CC2)CC2CC2)C1. The number of nitrogens with two attached hydrogens (primary N) is 1. The van der Waals surface area contributed by atoms with Crippen molar-refractivity contribution in [2.75, 3.05) is 13.1 Å². The summed E-state index contributed by atoms with van der Waals surface area (Å²) in [5.41, 5.74) is 6.45. The summed E-state index contributed by atoms with van der Waals surface area (Å²) in [5.74, 6) is 2.96. The minimum atomic E-state index is 0.449. The van der Waals surface area contributed by atoms with Crippen LogP contribution in [0.15, 0.2) is 0 Å². The van der Waals surface area contributed by atoms with Crippen molar-refractivity contribution in [1.29, 1.82) is 0 Å². The summed E-state index contributed by atoms with van der Waals surface area (Å²) in [7, 11) is 0. The molecule has 2 heteroatoms. The first-order valence-electron chi connectivity index (χ1n) is 8.26. The van der Waals surface area contributed by atoms with Gasteiger partial charge in [0, 0.05) is 25.2 Å². The average Bonchev–Trinajstić information content (AvgIpc) is 3.24. The molecule has 0 radical (unpaired) electrons. The Morgan fingerprint density at radius 2 is 1.44 bits per heavy atom. The highest BCUT2D eigenvalue weighted by Gasteiger charge is 2.37. The summed E-state index contributed by atoms with van der Waals surface area (Å²) in [5, 5.41) is 0. The lowest BCUT2D eigenvalue weighted by Gasteiger charge is -2.41. The van der Waals surface area contributed by atoms with E-state index in [0.717, 1.165) is 17.8 Å². The largest absolute Gasteiger partial charge is 0.326 e. The molecule has 0 aromatic carbocycles. The lowest BCUT2D eigenvalue weighted by Crippen LogP contribution is -2.52. The van der Waals surface area contributed by atoms with Crippen LogP contribution in [-0.4, -0.2) is 30.1 Å². The van der Waals surface area contributed by atoms with E-state index in [1.54, 1.807) is 0 Å². The Labute approximate surface area is 112 Å². The van der Waals surface area contributed by atoms with Crippen molar-refractivity contribution in [2.45, 2.75) is 70.4 Å². The van der Waals surface area contributed by atoms with Gasteiger partial charge in [-0.25, -0.2) is 0 Å². The van der Waals surface area contributed by atoms with Gasteiger partial charge in [-0.1, -0.05) is 13.3 Å². The second-order valence-electron chi connectivity index (χ2n) is 7.16. The third-order valence-corrected chi connectivity index (χ3v) is 5.40. The molecule has 2 nitrogen and oxygen atoms in total. The third kappa shape index (κ3) is 3.27. The number of hydrogen-bond donors (Lipinski definition) is 1. The van der Waals surface area contributed by atoms with Gasteiger partial charge in [0.25, 0.3) is 0 Å². The molecule has 3 rings (SSSR count). The molecule has 0 amide bonds. The molecule has 0 saturated heterocycles. The van der Waals surface area contributed by atoms with Crippen LogP contribution >= 0.6 is 0 Å². The van der Waals surface area contributed by atoms with E-state index in [0.29, 0.717) is 12.1 Å². The fourth-order valence-corrected chi connectivity index (χ4v) is 3.65. The first-order chi connectivity index (χ1) is 8.76. The molecule has 3 aliphatic rings. The molecule has 0 aromatic heterocycles. The maximum absolute atomic E-state index is 6.45. The predicted octanol–water partition coefficient (Wildman–Crippen LogP) is 3.01. The first kappa shape index (κ1) is 12.9. The van der Waals surface area contributed by atoms with Gasteiger partial charge in [-0.3, -0.25) is 4.90 Å². The number of hydrogen-bond acceptors (Lipinski definition) is 2. The molecule has 3 saturated carbocycles. The van der Waals surface area contributed by atoms with Crippen LogP contribution in [0.1, 0.15) is 58.3 Å². The van der Waals surface area contributed by atoms with E-state index >= 15 is 0 Å². The third-order valence-electron chi connectivity index (χ3n) is 5.40. The Bertz CT molecular complexity index is 256. The zero-order valence-electron chi connectivity index (χ0n) is 12.0. The molecule has 3 atom stereocenters. The first-order valence-corrected chi connectivity index (χ1v) is 8.26. The lowest BCUT2D eigenvalue weighted by atomic mass is 9.80. The molecule has 0 heterocycles. The van der Waals surface area contributed by atoms with Crippen molar-refractivity contribution >= 4 is 0 Å². The van der Waals surface area contributed by atoms with E-state index in [1.807, 2.05) is 0 Å². The van der Waals surface area contributed by atoms with Crippen LogP contribution in [0.2, 0.25) is 0 Å². The van der Waals surface area contributed by atoms with Crippen LogP contribution in [0.5, 0.6) is 0 Å².